The normalized spacial score (nSPS) is 15.7. The smallest absolute Gasteiger partial charge is 0.305 e. The molecule has 3 rings (SSSR count). The van der Waals surface area contributed by atoms with E-state index in [9.17, 15) is 14.4 Å². The third kappa shape index (κ3) is 7.98. The summed E-state index contributed by atoms with van der Waals surface area (Å²) in [7, 11) is 0. The van der Waals surface area contributed by atoms with Crippen molar-refractivity contribution >= 4 is 17.7 Å². The number of esters is 1. The van der Waals surface area contributed by atoms with Gasteiger partial charge in [0.05, 0.1) is 12.6 Å². The van der Waals surface area contributed by atoms with Gasteiger partial charge in [0.1, 0.15) is 0 Å². The molecular weight excluding hydrogens is 426 g/mol. The predicted molar refractivity (Wildman–Crippen MR) is 134 cm³/mol. The molecule has 5 nitrogen and oxygen atoms in total. The lowest BCUT2D eigenvalue weighted by Gasteiger charge is -2.22. The summed E-state index contributed by atoms with van der Waals surface area (Å²) in [6.45, 7) is 2.92. The highest BCUT2D eigenvalue weighted by atomic mass is 16.5. The maximum Gasteiger partial charge on any atom is 0.305 e. The quantitative estimate of drug-likeness (QED) is 0.170. The highest BCUT2D eigenvalue weighted by molar-refractivity contribution is 6.04. The average molecular weight is 462 g/mol. The summed E-state index contributed by atoms with van der Waals surface area (Å²) in [5.41, 5.74) is 2.98. The Labute approximate surface area is 202 Å². The van der Waals surface area contributed by atoms with E-state index in [2.05, 4.69) is 12.1 Å². The van der Waals surface area contributed by atoms with Crippen LogP contribution < -0.4 is 0 Å². The van der Waals surface area contributed by atoms with Crippen LogP contribution in [0.2, 0.25) is 0 Å². The highest BCUT2D eigenvalue weighted by Gasteiger charge is 2.28. The van der Waals surface area contributed by atoms with Crippen molar-refractivity contribution in [3.8, 4) is 0 Å². The molecule has 5 heteroatoms. The van der Waals surface area contributed by atoms with Crippen molar-refractivity contribution in [2.24, 2.45) is 0 Å². The van der Waals surface area contributed by atoms with Crippen molar-refractivity contribution in [1.29, 1.82) is 0 Å². The molecule has 0 radical (unpaired) electrons. The second-order valence-corrected chi connectivity index (χ2v) is 8.75. The number of hydrogen-bond donors (Lipinski definition) is 0. The molecule has 1 aliphatic heterocycles. The van der Waals surface area contributed by atoms with Crippen molar-refractivity contribution in [3.05, 3.63) is 83.4 Å². The number of ether oxygens (including phenoxy) is 1. The fourth-order valence-corrected chi connectivity index (χ4v) is 4.35. The largest absolute Gasteiger partial charge is 0.466 e. The Bertz CT molecular complexity index is 983. The Hall–Kier alpha value is -3.21. The molecule has 0 spiro atoms. The van der Waals surface area contributed by atoms with E-state index in [1.54, 1.807) is 6.08 Å². The van der Waals surface area contributed by atoms with E-state index in [-0.39, 0.29) is 23.7 Å². The Morgan fingerprint density at radius 2 is 1.76 bits per heavy atom. The van der Waals surface area contributed by atoms with Crippen LogP contribution in [-0.2, 0) is 20.7 Å². The van der Waals surface area contributed by atoms with E-state index in [1.165, 1.54) is 5.56 Å². The molecule has 0 aromatic heterocycles. The minimum Gasteiger partial charge on any atom is -0.466 e. The van der Waals surface area contributed by atoms with E-state index in [0.29, 0.717) is 31.6 Å². The van der Waals surface area contributed by atoms with E-state index < -0.39 is 0 Å². The molecule has 0 unspecified atom stereocenters. The predicted octanol–water partition coefficient (Wildman–Crippen LogP) is 5.52. The molecule has 1 fully saturated rings. The topological polar surface area (TPSA) is 63.7 Å². The number of benzene rings is 2. The molecule has 1 atom stereocenters. The SMILES string of the molecule is CCOC(=O)CCCCCCN1C(=O)CC[C@@H]1C=CC(=O)c1cccc(Cc2ccccc2)c1. The van der Waals surface area contributed by atoms with Gasteiger partial charge in [0.2, 0.25) is 5.91 Å². The van der Waals surface area contributed by atoms with Crippen LogP contribution in [0.1, 0.15) is 73.4 Å². The number of unbranched alkanes of at least 4 members (excludes halogenated alkanes) is 3. The number of nitrogens with zero attached hydrogens (tertiary/aromatic N) is 1. The van der Waals surface area contributed by atoms with Crippen LogP contribution in [0.3, 0.4) is 0 Å². The Morgan fingerprint density at radius 1 is 1.00 bits per heavy atom. The van der Waals surface area contributed by atoms with Gasteiger partial charge in [0.15, 0.2) is 5.78 Å². The second-order valence-electron chi connectivity index (χ2n) is 8.75. The number of ketones is 1. The Morgan fingerprint density at radius 3 is 2.56 bits per heavy atom. The van der Waals surface area contributed by atoms with Crippen LogP contribution in [0.15, 0.2) is 66.7 Å². The summed E-state index contributed by atoms with van der Waals surface area (Å²) in [4.78, 5) is 38.4. The Balaban J connectivity index is 1.48. The maximum atomic E-state index is 12.8. The number of carbonyl (C=O) groups excluding carboxylic acids is 3. The molecule has 1 saturated heterocycles. The number of rotatable bonds is 13. The minimum absolute atomic E-state index is 0.0246. The fourth-order valence-electron chi connectivity index (χ4n) is 4.35. The van der Waals surface area contributed by atoms with Gasteiger partial charge in [-0.05, 0) is 55.9 Å². The van der Waals surface area contributed by atoms with Gasteiger partial charge in [-0.1, -0.05) is 67.4 Å². The van der Waals surface area contributed by atoms with Gasteiger partial charge in [-0.15, -0.1) is 0 Å². The first-order chi connectivity index (χ1) is 16.6. The molecule has 180 valence electrons. The van der Waals surface area contributed by atoms with Crippen molar-refractivity contribution in [2.75, 3.05) is 13.2 Å². The number of amides is 1. The summed E-state index contributed by atoms with van der Waals surface area (Å²) >= 11 is 0. The summed E-state index contributed by atoms with van der Waals surface area (Å²) in [5.74, 6) is -0.0238. The third-order valence-corrected chi connectivity index (χ3v) is 6.14. The Kier molecular flexibility index (Phi) is 10.1. The van der Waals surface area contributed by atoms with Crippen LogP contribution in [0.5, 0.6) is 0 Å². The molecule has 34 heavy (non-hydrogen) atoms. The van der Waals surface area contributed by atoms with Gasteiger partial charge in [-0.3, -0.25) is 14.4 Å². The zero-order valence-corrected chi connectivity index (χ0v) is 20.1. The average Bonchev–Trinajstić information content (AvgIpc) is 3.20. The van der Waals surface area contributed by atoms with Crippen LogP contribution in [0, 0.1) is 0 Å². The van der Waals surface area contributed by atoms with Crippen molar-refractivity contribution in [2.45, 2.75) is 64.3 Å². The standard InChI is InChI=1S/C29H35NO4/c1-2-34-29(33)15-8-3-4-9-20-30-26(17-19-28(30)32)16-18-27(31)25-14-10-13-24(22-25)21-23-11-6-5-7-12-23/h5-7,10-14,16,18,22,26H,2-4,8-9,15,17,19-21H2,1H3/t26-/m0/s1. The van der Waals surface area contributed by atoms with E-state index in [4.69, 9.17) is 4.74 Å². The van der Waals surface area contributed by atoms with Crippen LogP contribution >= 0.6 is 0 Å². The number of hydrogen-bond acceptors (Lipinski definition) is 4. The second kappa shape index (κ2) is 13.5. The van der Waals surface area contributed by atoms with Crippen LogP contribution in [0.4, 0.5) is 0 Å². The number of carbonyl (C=O) groups is 3. The monoisotopic (exact) mass is 461 g/mol. The van der Waals surface area contributed by atoms with Gasteiger partial charge in [-0.25, -0.2) is 0 Å². The first-order valence-corrected chi connectivity index (χ1v) is 12.4. The zero-order valence-electron chi connectivity index (χ0n) is 20.1. The molecule has 0 aliphatic carbocycles. The molecule has 0 saturated carbocycles. The zero-order chi connectivity index (χ0) is 24.2. The lowest BCUT2D eigenvalue weighted by molar-refractivity contribution is -0.143. The highest BCUT2D eigenvalue weighted by Crippen LogP contribution is 2.21. The molecule has 1 aliphatic rings. The minimum atomic E-state index is -0.141. The first kappa shape index (κ1) is 25.4. The van der Waals surface area contributed by atoms with Gasteiger partial charge >= 0.3 is 5.97 Å². The van der Waals surface area contributed by atoms with Crippen molar-refractivity contribution in [1.82, 2.24) is 4.90 Å². The lowest BCUT2D eigenvalue weighted by Crippen LogP contribution is -2.32. The molecular formula is C29H35NO4. The van der Waals surface area contributed by atoms with Crippen LogP contribution in [-0.4, -0.2) is 41.8 Å². The van der Waals surface area contributed by atoms with E-state index >= 15 is 0 Å². The maximum absolute atomic E-state index is 12.8. The molecule has 2 aromatic carbocycles. The number of likely N-dealkylation sites (tertiary alicyclic amines) is 1. The van der Waals surface area contributed by atoms with Crippen molar-refractivity contribution in [3.63, 3.8) is 0 Å². The molecule has 0 bridgehead atoms. The summed E-state index contributed by atoms with van der Waals surface area (Å²) in [6.07, 6.45) is 9.65. The number of allylic oxidation sites excluding steroid dienone is 1. The molecule has 2 aromatic rings. The lowest BCUT2D eigenvalue weighted by atomic mass is 10.0. The van der Waals surface area contributed by atoms with Gasteiger partial charge in [-0.2, -0.15) is 0 Å². The van der Waals surface area contributed by atoms with Crippen LogP contribution in [0.25, 0.3) is 0 Å². The van der Waals surface area contributed by atoms with Gasteiger partial charge < -0.3 is 9.64 Å². The van der Waals surface area contributed by atoms with E-state index in [0.717, 1.165) is 44.1 Å². The molecule has 0 N–H and O–H groups in total. The third-order valence-electron chi connectivity index (χ3n) is 6.14. The molecule has 1 heterocycles. The summed E-state index contributed by atoms with van der Waals surface area (Å²) in [5, 5.41) is 0. The first-order valence-electron chi connectivity index (χ1n) is 12.4. The van der Waals surface area contributed by atoms with E-state index in [1.807, 2.05) is 60.4 Å². The van der Waals surface area contributed by atoms with Gasteiger partial charge in [0, 0.05) is 24.9 Å². The fraction of sp³-hybridized carbons (Fsp3) is 0.414. The summed E-state index contributed by atoms with van der Waals surface area (Å²) < 4.78 is 4.94. The summed E-state index contributed by atoms with van der Waals surface area (Å²) in [6, 6.07) is 17.9. The van der Waals surface area contributed by atoms with Crippen molar-refractivity contribution < 1.29 is 19.1 Å². The molecule has 1 amide bonds. The van der Waals surface area contributed by atoms with Gasteiger partial charge in [0.25, 0.3) is 0 Å².